The molecule has 2 aliphatic rings. The molecule has 1 atom stereocenters. The normalized spacial score (nSPS) is 20.8. The highest BCUT2D eigenvalue weighted by Crippen LogP contribution is 2.30. The topological polar surface area (TPSA) is 19.4 Å². The van der Waals surface area contributed by atoms with Crippen molar-refractivity contribution < 1.29 is 0 Å². The first-order chi connectivity index (χ1) is 14.3. The second-order valence-corrected chi connectivity index (χ2v) is 9.97. The molecule has 0 unspecified atom stereocenters. The molecular formula is C25H35N3S. The number of nitrogens with zero attached hydrogens (tertiary/aromatic N) is 3. The number of rotatable bonds is 7. The highest BCUT2D eigenvalue weighted by molar-refractivity contribution is 7.99. The second-order valence-electron chi connectivity index (χ2n) is 8.74. The molecule has 3 heterocycles. The van der Waals surface area contributed by atoms with Crippen LogP contribution in [0.15, 0.2) is 54.9 Å². The first-order valence-corrected chi connectivity index (χ1v) is 12.4. The summed E-state index contributed by atoms with van der Waals surface area (Å²) in [4.78, 5) is 9.58. The number of piperidine rings is 1. The van der Waals surface area contributed by atoms with Gasteiger partial charge in [-0.1, -0.05) is 30.3 Å². The number of aromatic nitrogens is 1. The summed E-state index contributed by atoms with van der Waals surface area (Å²) in [6, 6.07) is 16.8. The van der Waals surface area contributed by atoms with Crippen molar-refractivity contribution in [1.29, 1.82) is 0 Å². The second kappa shape index (κ2) is 10.6. The summed E-state index contributed by atoms with van der Waals surface area (Å²) in [5.41, 5.74) is 2.82. The molecule has 0 N–H and O–H groups in total. The van der Waals surface area contributed by atoms with Gasteiger partial charge in [0.2, 0.25) is 0 Å². The molecule has 0 aliphatic carbocycles. The van der Waals surface area contributed by atoms with Gasteiger partial charge in [0.05, 0.1) is 0 Å². The van der Waals surface area contributed by atoms with Crippen molar-refractivity contribution in [2.45, 2.75) is 50.7 Å². The Morgan fingerprint density at radius 1 is 0.966 bits per heavy atom. The Hall–Kier alpha value is -1.36. The molecule has 0 amide bonds. The first-order valence-electron chi connectivity index (χ1n) is 11.2. The highest BCUT2D eigenvalue weighted by Gasteiger charge is 2.32. The van der Waals surface area contributed by atoms with E-state index in [-0.39, 0.29) is 0 Å². The maximum absolute atomic E-state index is 4.18. The quantitative estimate of drug-likeness (QED) is 0.658. The average molecular weight is 410 g/mol. The lowest BCUT2D eigenvalue weighted by Gasteiger charge is -2.43. The van der Waals surface area contributed by atoms with Crippen LogP contribution in [-0.4, -0.2) is 58.5 Å². The minimum atomic E-state index is 0.592. The number of hydrogen-bond acceptors (Lipinski definition) is 4. The van der Waals surface area contributed by atoms with E-state index < -0.39 is 0 Å². The standard InChI is InChI=1S/C25H35N3S/c1-27(20-22-7-13-26-14-8-22)25(19-21-5-3-2-4-6-21)23-9-15-28(16-10-23)24-11-17-29-18-12-24/h2-8,13-14,23-25H,9-12,15-20H2,1H3/t25-/m1/s1. The third kappa shape index (κ3) is 5.84. The van der Waals surface area contributed by atoms with E-state index in [1.807, 2.05) is 12.4 Å². The average Bonchev–Trinajstić information content (AvgIpc) is 2.79. The van der Waals surface area contributed by atoms with Crippen LogP contribution < -0.4 is 0 Å². The predicted octanol–water partition coefficient (Wildman–Crippen LogP) is 4.73. The molecule has 2 aliphatic heterocycles. The van der Waals surface area contributed by atoms with Crippen molar-refractivity contribution in [2.75, 3.05) is 31.6 Å². The zero-order valence-corrected chi connectivity index (χ0v) is 18.6. The van der Waals surface area contributed by atoms with Crippen molar-refractivity contribution in [3.8, 4) is 0 Å². The Morgan fingerprint density at radius 2 is 1.66 bits per heavy atom. The Balaban J connectivity index is 1.42. The van der Waals surface area contributed by atoms with Crippen LogP contribution in [0, 0.1) is 5.92 Å². The molecule has 2 saturated heterocycles. The lowest BCUT2D eigenvalue weighted by atomic mass is 9.84. The lowest BCUT2D eigenvalue weighted by Crippen LogP contribution is -2.48. The van der Waals surface area contributed by atoms with Gasteiger partial charge in [-0.15, -0.1) is 0 Å². The summed E-state index contributed by atoms with van der Waals surface area (Å²) in [6.45, 7) is 3.57. The minimum Gasteiger partial charge on any atom is -0.300 e. The van der Waals surface area contributed by atoms with E-state index in [0.717, 1.165) is 24.9 Å². The van der Waals surface area contributed by atoms with Crippen LogP contribution in [-0.2, 0) is 13.0 Å². The molecule has 2 aromatic rings. The molecule has 1 aromatic heterocycles. The zero-order chi connectivity index (χ0) is 19.9. The number of thioether (sulfide) groups is 1. The molecule has 3 nitrogen and oxygen atoms in total. The Bertz CT molecular complexity index is 709. The van der Waals surface area contributed by atoms with Gasteiger partial charge in [-0.2, -0.15) is 11.8 Å². The monoisotopic (exact) mass is 409 g/mol. The van der Waals surface area contributed by atoms with Crippen LogP contribution >= 0.6 is 11.8 Å². The van der Waals surface area contributed by atoms with Gasteiger partial charge in [-0.05, 0) is 92.9 Å². The third-order valence-corrected chi connectivity index (χ3v) is 7.91. The van der Waals surface area contributed by atoms with Gasteiger partial charge in [0.1, 0.15) is 0 Å². The molecule has 1 aromatic carbocycles. The van der Waals surface area contributed by atoms with Crippen LogP contribution in [0.25, 0.3) is 0 Å². The van der Waals surface area contributed by atoms with Crippen LogP contribution in [0.2, 0.25) is 0 Å². The van der Waals surface area contributed by atoms with Crippen LogP contribution in [0.4, 0.5) is 0 Å². The van der Waals surface area contributed by atoms with E-state index >= 15 is 0 Å². The molecule has 0 radical (unpaired) electrons. The predicted molar refractivity (Wildman–Crippen MR) is 124 cm³/mol. The molecular weight excluding hydrogens is 374 g/mol. The molecule has 29 heavy (non-hydrogen) atoms. The molecule has 0 saturated carbocycles. The van der Waals surface area contributed by atoms with Gasteiger partial charge in [-0.25, -0.2) is 0 Å². The number of hydrogen-bond donors (Lipinski definition) is 0. The van der Waals surface area contributed by atoms with Gasteiger partial charge < -0.3 is 4.90 Å². The fraction of sp³-hybridized carbons (Fsp3) is 0.560. The first kappa shape index (κ1) is 20.9. The minimum absolute atomic E-state index is 0.592. The Morgan fingerprint density at radius 3 is 2.34 bits per heavy atom. The molecule has 0 bridgehead atoms. The van der Waals surface area contributed by atoms with Gasteiger partial charge in [0.25, 0.3) is 0 Å². The molecule has 2 fully saturated rings. The number of pyridine rings is 1. The van der Waals surface area contributed by atoms with Gasteiger partial charge in [-0.3, -0.25) is 9.88 Å². The van der Waals surface area contributed by atoms with E-state index in [9.17, 15) is 0 Å². The van der Waals surface area contributed by atoms with Gasteiger partial charge >= 0.3 is 0 Å². The summed E-state index contributed by atoms with van der Waals surface area (Å²) >= 11 is 2.14. The molecule has 0 spiro atoms. The van der Waals surface area contributed by atoms with Crippen molar-refractivity contribution in [2.24, 2.45) is 5.92 Å². The highest BCUT2D eigenvalue weighted by atomic mass is 32.2. The summed E-state index contributed by atoms with van der Waals surface area (Å²) in [7, 11) is 2.32. The van der Waals surface area contributed by atoms with Crippen molar-refractivity contribution in [1.82, 2.24) is 14.8 Å². The lowest BCUT2D eigenvalue weighted by molar-refractivity contribution is 0.0743. The molecule has 4 heteroatoms. The van der Waals surface area contributed by atoms with E-state index in [2.05, 4.69) is 76.1 Å². The summed E-state index contributed by atoms with van der Waals surface area (Å²) in [6.07, 6.45) is 10.4. The zero-order valence-electron chi connectivity index (χ0n) is 17.7. The Labute approximate surface area is 180 Å². The SMILES string of the molecule is CN(Cc1ccncc1)[C@H](Cc1ccccc1)C1CCN(C2CCSCC2)CC1. The smallest absolute Gasteiger partial charge is 0.0271 e. The van der Waals surface area contributed by atoms with Crippen molar-refractivity contribution in [3.63, 3.8) is 0 Å². The molecule has 156 valence electrons. The number of likely N-dealkylation sites (tertiary alicyclic amines) is 1. The van der Waals surface area contributed by atoms with E-state index in [0.29, 0.717) is 6.04 Å². The summed E-state index contributed by atoms with van der Waals surface area (Å²) < 4.78 is 0. The van der Waals surface area contributed by atoms with Gasteiger partial charge in [0.15, 0.2) is 0 Å². The largest absolute Gasteiger partial charge is 0.300 e. The Kier molecular flexibility index (Phi) is 7.64. The van der Waals surface area contributed by atoms with Crippen molar-refractivity contribution in [3.05, 3.63) is 66.0 Å². The molecule has 4 rings (SSSR count). The number of benzene rings is 1. The van der Waals surface area contributed by atoms with Crippen molar-refractivity contribution >= 4 is 11.8 Å². The maximum Gasteiger partial charge on any atom is 0.0271 e. The fourth-order valence-electron chi connectivity index (χ4n) is 5.15. The van der Waals surface area contributed by atoms with E-state index in [4.69, 9.17) is 0 Å². The number of likely N-dealkylation sites (N-methyl/N-ethyl adjacent to an activating group) is 1. The fourth-order valence-corrected chi connectivity index (χ4v) is 6.23. The van der Waals surface area contributed by atoms with Crippen LogP contribution in [0.1, 0.15) is 36.8 Å². The summed E-state index contributed by atoms with van der Waals surface area (Å²) in [5.74, 6) is 3.49. The van der Waals surface area contributed by atoms with Crippen LogP contribution in [0.5, 0.6) is 0 Å². The van der Waals surface area contributed by atoms with Gasteiger partial charge in [0, 0.05) is 31.0 Å². The summed E-state index contributed by atoms with van der Waals surface area (Å²) in [5, 5.41) is 0. The van der Waals surface area contributed by atoms with Crippen LogP contribution in [0.3, 0.4) is 0 Å². The third-order valence-electron chi connectivity index (χ3n) is 6.86. The van der Waals surface area contributed by atoms with E-state index in [1.54, 1.807) is 0 Å². The maximum atomic E-state index is 4.18. The van der Waals surface area contributed by atoms with E-state index in [1.165, 1.54) is 61.4 Å².